The van der Waals surface area contributed by atoms with Gasteiger partial charge in [-0.05, 0) is 177 Å². The molecule has 58 heavy (non-hydrogen) atoms. The molecule has 0 radical (unpaired) electrons. The second kappa shape index (κ2) is 11.5. The van der Waals surface area contributed by atoms with Crippen molar-refractivity contribution in [3.63, 3.8) is 0 Å². The van der Waals surface area contributed by atoms with Gasteiger partial charge in [0.25, 0.3) is 0 Å². The lowest BCUT2D eigenvalue weighted by atomic mass is 9.26. The third-order valence-electron chi connectivity index (χ3n) is 18.0. The number of nitrogens with zero attached hydrogens (tertiary/aromatic N) is 1. The molecule has 4 saturated carbocycles. The molecule has 0 saturated heterocycles. The van der Waals surface area contributed by atoms with Gasteiger partial charge in [-0.15, -0.1) is 0 Å². The van der Waals surface area contributed by atoms with Crippen molar-refractivity contribution < 1.29 is 0 Å². The van der Waals surface area contributed by atoms with Gasteiger partial charge in [-0.2, -0.15) is 0 Å². The van der Waals surface area contributed by atoms with E-state index in [9.17, 15) is 0 Å². The highest BCUT2D eigenvalue weighted by Gasteiger charge is 2.84. The van der Waals surface area contributed by atoms with Crippen molar-refractivity contribution in [2.24, 2.45) is 29.1 Å². The fourth-order valence-corrected chi connectivity index (χ4v) is 16.7. The van der Waals surface area contributed by atoms with Crippen molar-refractivity contribution in [3.05, 3.63) is 137 Å². The van der Waals surface area contributed by atoms with Crippen molar-refractivity contribution in [1.82, 2.24) is 0 Å². The van der Waals surface area contributed by atoms with E-state index >= 15 is 0 Å². The van der Waals surface area contributed by atoms with Gasteiger partial charge in [0, 0.05) is 20.9 Å². The Balaban J connectivity index is 1.18. The Kier molecular flexibility index (Phi) is 7.19. The summed E-state index contributed by atoms with van der Waals surface area (Å²) >= 11 is 2.07. The first kappa shape index (κ1) is 36.1. The van der Waals surface area contributed by atoms with Crippen LogP contribution in [0.5, 0.6) is 0 Å². The van der Waals surface area contributed by atoms with E-state index in [0.29, 0.717) is 5.41 Å². The zero-order chi connectivity index (χ0) is 39.8. The first-order valence-corrected chi connectivity index (χ1v) is 23.6. The Morgan fingerprint density at radius 2 is 1.09 bits per heavy atom. The summed E-state index contributed by atoms with van der Waals surface area (Å²) in [6, 6.07) is 41.2. The molecular formula is C56H61NS. The smallest absolute Gasteiger partial charge is 0.0502 e. The van der Waals surface area contributed by atoms with E-state index in [2.05, 4.69) is 175 Å². The van der Waals surface area contributed by atoms with Crippen LogP contribution in [0.2, 0.25) is 0 Å². The van der Waals surface area contributed by atoms with Crippen molar-refractivity contribution in [3.8, 4) is 11.1 Å². The average Bonchev–Trinajstić information content (AvgIpc) is 3.74. The van der Waals surface area contributed by atoms with Crippen LogP contribution in [-0.2, 0) is 27.1 Å². The Bertz CT molecular complexity index is 2480. The highest BCUT2D eigenvalue weighted by atomic mass is 32.2. The summed E-state index contributed by atoms with van der Waals surface area (Å²) in [4.78, 5) is 5.78. The molecule has 0 N–H and O–H groups in total. The zero-order valence-electron chi connectivity index (χ0n) is 36.1. The van der Waals surface area contributed by atoms with Crippen LogP contribution >= 0.6 is 11.8 Å². The van der Waals surface area contributed by atoms with Crippen LogP contribution in [0.4, 0.5) is 17.1 Å². The zero-order valence-corrected chi connectivity index (χ0v) is 37.0. The van der Waals surface area contributed by atoms with E-state index in [4.69, 9.17) is 0 Å². The van der Waals surface area contributed by atoms with Crippen molar-refractivity contribution in [1.29, 1.82) is 0 Å². The van der Waals surface area contributed by atoms with Crippen LogP contribution in [0.25, 0.3) is 11.1 Å². The summed E-state index contributed by atoms with van der Waals surface area (Å²) in [7, 11) is 0. The molecule has 296 valence electrons. The van der Waals surface area contributed by atoms with Crippen molar-refractivity contribution in [2.75, 3.05) is 4.90 Å². The van der Waals surface area contributed by atoms with Crippen molar-refractivity contribution >= 4 is 28.8 Å². The minimum atomic E-state index is 0.0420. The van der Waals surface area contributed by atoms with E-state index in [0.717, 1.165) is 23.7 Å². The molecule has 6 unspecified atom stereocenters. The lowest BCUT2D eigenvalue weighted by Gasteiger charge is -2.78. The second-order valence-corrected chi connectivity index (χ2v) is 23.7. The molecule has 2 spiro atoms. The minimum Gasteiger partial charge on any atom is -0.310 e. The number of anilines is 3. The predicted octanol–water partition coefficient (Wildman–Crippen LogP) is 15.3. The van der Waals surface area contributed by atoms with Gasteiger partial charge in [0.05, 0.1) is 11.4 Å². The molecule has 0 amide bonds. The molecule has 6 atom stereocenters. The van der Waals surface area contributed by atoms with Gasteiger partial charge in [-0.3, -0.25) is 0 Å². The summed E-state index contributed by atoms with van der Waals surface area (Å²) in [6.07, 6.45) is 10.6. The molecule has 1 aliphatic heterocycles. The normalized spacial score (nSPS) is 31.5. The maximum atomic E-state index is 2.78. The maximum absolute atomic E-state index is 2.78. The quantitative estimate of drug-likeness (QED) is 0.179. The molecule has 5 aromatic rings. The molecular weight excluding hydrogens is 719 g/mol. The highest BCUT2D eigenvalue weighted by Crippen LogP contribution is 2.89. The summed E-state index contributed by atoms with van der Waals surface area (Å²) in [6.45, 7) is 20.0. The summed E-state index contributed by atoms with van der Waals surface area (Å²) in [5, 5.41) is 0. The monoisotopic (exact) mass is 779 g/mol. The molecule has 1 heterocycles. The topological polar surface area (TPSA) is 3.24 Å². The standard InChI is InChI=1S/C56H61NS/c1-51(2)24-26-53(5,6)49-40(51)19-14-21-42(49)57(43-22-15-20-41-50(43)54(7,8)27-25-52(41,3)4)37-31-38(35-16-10-9-11-17-35)48-45(32-37)58-44-23-13-12-18-39(44)56(48)46-29-34-28-36-30-47(56)55(36,46)33-34/h9-23,31-32,34,36,46-47H,24-30,33H2,1-8H3. The Morgan fingerprint density at radius 1 is 0.517 bits per heavy atom. The molecule has 1 nitrogen and oxygen atoms in total. The van der Waals surface area contributed by atoms with E-state index in [1.165, 1.54) is 112 Å². The number of benzene rings is 5. The third kappa shape index (κ3) is 4.42. The molecule has 7 aliphatic rings. The van der Waals surface area contributed by atoms with Gasteiger partial charge >= 0.3 is 0 Å². The van der Waals surface area contributed by atoms with Crippen LogP contribution in [0.15, 0.2) is 113 Å². The van der Waals surface area contributed by atoms with Crippen LogP contribution in [-0.4, -0.2) is 0 Å². The highest BCUT2D eigenvalue weighted by molar-refractivity contribution is 7.99. The summed E-state index contributed by atoms with van der Waals surface area (Å²) in [5.74, 6) is 3.39. The fraction of sp³-hybridized carbons (Fsp3) is 0.464. The van der Waals surface area contributed by atoms with E-state index in [-0.39, 0.29) is 27.1 Å². The molecule has 4 fully saturated rings. The Hall–Kier alpha value is -3.75. The lowest BCUT2D eigenvalue weighted by molar-refractivity contribution is -0.234. The third-order valence-corrected chi connectivity index (χ3v) is 19.1. The molecule has 2 bridgehead atoms. The average molecular weight is 780 g/mol. The minimum absolute atomic E-state index is 0.0420. The molecule has 0 aromatic heterocycles. The van der Waals surface area contributed by atoms with Gasteiger partial charge in [0.2, 0.25) is 0 Å². The van der Waals surface area contributed by atoms with Crippen LogP contribution in [0, 0.1) is 29.1 Å². The van der Waals surface area contributed by atoms with E-state index in [1.807, 2.05) is 0 Å². The largest absolute Gasteiger partial charge is 0.310 e. The lowest BCUT2D eigenvalue weighted by Crippen LogP contribution is -2.74. The van der Waals surface area contributed by atoms with Crippen LogP contribution < -0.4 is 4.90 Å². The maximum Gasteiger partial charge on any atom is 0.0502 e. The van der Waals surface area contributed by atoms with Gasteiger partial charge < -0.3 is 4.90 Å². The van der Waals surface area contributed by atoms with Crippen LogP contribution in [0.3, 0.4) is 0 Å². The van der Waals surface area contributed by atoms with Gasteiger partial charge in [-0.1, -0.05) is 140 Å². The van der Waals surface area contributed by atoms with Gasteiger partial charge in [0.1, 0.15) is 0 Å². The number of hydrogen-bond acceptors (Lipinski definition) is 2. The summed E-state index contributed by atoms with van der Waals surface area (Å²) < 4.78 is 0. The second-order valence-electron chi connectivity index (χ2n) is 22.7. The summed E-state index contributed by atoms with van der Waals surface area (Å²) in [5.41, 5.74) is 17.3. The molecule has 12 rings (SSSR count). The first-order chi connectivity index (χ1) is 27.7. The van der Waals surface area contributed by atoms with Gasteiger partial charge in [0.15, 0.2) is 0 Å². The molecule has 5 aromatic carbocycles. The SMILES string of the molecule is CC1(C)CCC(C)(C)c2c(N(c3cc4c(c(-c5ccccc5)c3)C3(c5ccccc5S4)C4CC5CC6CC3C64C5)c3cccc4c3C(C)(C)CCC4(C)C)cccc21. The number of rotatable bonds is 4. The Labute approximate surface area is 352 Å². The first-order valence-electron chi connectivity index (χ1n) is 22.8. The number of hydrogen-bond donors (Lipinski definition) is 0. The fourth-order valence-electron chi connectivity index (χ4n) is 15.4. The van der Waals surface area contributed by atoms with Crippen LogP contribution in [0.1, 0.15) is 140 Å². The van der Waals surface area contributed by atoms with E-state index in [1.54, 1.807) is 11.1 Å². The van der Waals surface area contributed by atoms with Crippen molar-refractivity contribution in [2.45, 2.75) is 144 Å². The molecule has 6 aliphatic carbocycles. The van der Waals surface area contributed by atoms with Gasteiger partial charge in [-0.25, -0.2) is 0 Å². The predicted molar refractivity (Wildman–Crippen MR) is 243 cm³/mol. The van der Waals surface area contributed by atoms with E-state index < -0.39 is 0 Å². The molecule has 2 heteroatoms. The number of fused-ring (bicyclic) bond motifs is 9. The Morgan fingerprint density at radius 3 is 1.72 bits per heavy atom.